The third-order valence-electron chi connectivity index (χ3n) is 4.73. The normalized spacial score (nSPS) is 27.8. The molecule has 1 atom stereocenters. The van der Waals surface area contributed by atoms with E-state index in [0.717, 1.165) is 55.9 Å². The molecule has 4 nitrogen and oxygen atoms in total. The molecule has 4 rings (SSSR count). The number of nitrogens with one attached hydrogen (secondary N) is 1. The van der Waals surface area contributed by atoms with Crippen molar-refractivity contribution in [3.8, 4) is 5.75 Å². The Morgan fingerprint density at radius 3 is 2.67 bits per heavy atom. The lowest BCUT2D eigenvalue weighted by atomic mass is 9.81. The molecule has 0 aliphatic carbocycles. The van der Waals surface area contributed by atoms with Gasteiger partial charge in [-0.05, 0) is 12.1 Å². The average molecular weight is 354 g/mol. The molecule has 114 valence electrons. The van der Waals surface area contributed by atoms with Crippen molar-refractivity contribution in [1.82, 2.24) is 5.32 Å². The molecule has 1 aromatic rings. The SMILES string of the molecule is Brc1ccc2c(c1)OC1(CCOCC1)CC2NC1COC1. The first kappa shape index (κ1) is 14.0. The molecule has 1 aromatic carbocycles. The minimum absolute atomic E-state index is 0.0751. The highest BCUT2D eigenvalue weighted by molar-refractivity contribution is 9.10. The number of hydrogen-bond acceptors (Lipinski definition) is 4. The van der Waals surface area contributed by atoms with Gasteiger partial charge in [0, 0.05) is 35.3 Å². The van der Waals surface area contributed by atoms with E-state index in [1.165, 1.54) is 5.56 Å². The third kappa shape index (κ3) is 2.72. The molecule has 1 N–H and O–H groups in total. The summed E-state index contributed by atoms with van der Waals surface area (Å²) in [5, 5.41) is 3.74. The molecule has 2 fully saturated rings. The number of rotatable bonds is 2. The average Bonchev–Trinajstić information content (AvgIpc) is 2.43. The summed E-state index contributed by atoms with van der Waals surface area (Å²) in [6.07, 6.45) is 2.96. The minimum Gasteiger partial charge on any atom is -0.487 e. The molecule has 3 aliphatic heterocycles. The maximum atomic E-state index is 6.42. The maximum Gasteiger partial charge on any atom is 0.126 e. The van der Waals surface area contributed by atoms with E-state index in [0.29, 0.717) is 12.1 Å². The van der Waals surface area contributed by atoms with E-state index in [9.17, 15) is 0 Å². The fourth-order valence-electron chi connectivity index (χ4n) is 3.46. The van der Waals surface area contributed by atoms with Crippen LogP contribution in [0.1, 0.15) is 30.9 Å². The summed E-state index contributed by atoms with van der Waals surface area (Å²) in [4.78, 5) is 0. The molecular weight excluding hydrogens is 334 g/mol. The summed E-state index contributed by atoms with van der Waals surface area (Å²) >= 11 is 3.55. The Hall–Kier alpha value is -0.620. The number of halogens is 1. The first-order chi connectivity index (χ1) is 10.2. The van der Waals surface area contributed by atoms with Crippen LogP contribution in [0, 0.1) is 0 Å². The van der Waals surface area contributed by atoms with Crippen LogP contribution in [0.4, 0.5) is 0 Å². The van der Waals surface area contributed by atoms with Crippen LogP contribution in [0.2, 0.25) is 0 Å². The second-order valence-corrected chi connectivity index (χ2v) is 7.15. The molecule has 1 unspecified atom stereocenters. The largest absolute Gasteiger partial charge is 0.487 e. The van der Waals surface area contributed by atoms with E-state index in [4.69, 9.17) is 14.2 Å². The second-order valence-electron chi connectivity index (χ2n) is 6.24. The summed E-state index contributed by atoms with van der Waals surface area (Å²) in [6, 6.07) is 7.17. The molecule has 0 bridgehead atoms. The van der Waals surface area contributed by atoms with Crippen molar-refractivity contribution in [2.24, 2.45) is 0 Å². The quantitative estimate of drug-likeness (QED) is 0.887. The summed E-state index contributed by atoms with van der Waals surface area (Å²) in [7, 11) is 0. The highest BCUT2D eigenvalue weighted by Gasteiger charge is 2.43. The predicted molar refractivity (Wildman–Crippen MR) is 82.7 cm³/mol. The lowest BCUT2D eigenvalue weighted by molar-refractivity contribution is -0.0717. The lowest BCUT2D eigenvalue weighted by Gasteiger charge is -2.46. The first-order valence-corrected chi connectivity index (χ1v) is 8.43. The molecule has 0 amide bonds. The molecule has 2 saturated heterocycles. The van der Waals surface area contributed by atoms with E-state index in [2.05, 4.69) is 39.4 Å². The minimum atomic E-state index is -0.0751. The third-order valence-corrected chi connectivity index (χ3v) is 5.23. The Morgan fingerprint density at radius 1 is 1.14 bits per heavy atom. The van der Waals surface area contributed by atoms with Gasteiger partial charge in [0.1, 0.15) is 11.4 Å². The molecular formula is C16H20BrNO3. The smallest absolute Gasteiger partial charge is 0.126 e. The van der Waals surface area contributed by atoms with Gasteiger partial charge in [-0.3, -0.25) is 0 Å². The Bertz CT molecular complexity index is 526. The molecule has 21 heavy (non-hydrogen) atoms. The molecule has 1 spiro atoms. The van der Waals surface area contributed by atoms with Crippen molar-refractivity contribution < 1.29 is 14.2 Å². The van der Waals surface area contributed by atoms with Crippen LogP contribution in [0.25, 0.3) is 0 Å². The topological polar surface area (TPSA) is 39.7 Å². The molecule has 3 heterocycles. The van der Waals surface area contributed by atoms with Gasteiger partial charge in [-0.2, -0.15) is 0 Å². The van der Waals surface area contributed by atoms with Gasteiger partial charge < -0.3 is 19.5 Å². The molecule has 0 radical (unpaired) electrons. The van der Waals surface area contributed by atoms with Gasteiger partial charge in [-0.15, -0.1) is 0 Å². The summed E-state index contributed by atoms with van der Waals surface area (Å²) in [6.45, 7) is 3.23. The van der Waals surface area contributed by atoms with Crippen LogP contribution < -0.4 is 10.1 Å². The zero-order valence-corrected chi connectivity index (χ0v) is 13.5. The van der Waals surface area contributed by atoms with Crippen LogP contribution in [0.3, 0.4) is 0 Å². The van der Waals surface area contributed by atoms with Crippen LogP contribution >= 0.6 is 15.9 Å². The highest BCUT2D eigenvalue weighted by atomic mass is 79.9. The summed E-state index contributed by atoms with van der Waals surface area (Å²) in [5.41, 5.74) is 1.19. The van der Waals surface area contributed by atoms with Gasteiger partial charge >= 0.3 is 0 Å². The zero-order chi connectivity index (χ0) is 14.3. The fraction of sp³-hybridized carbons (Fsp3) is 0.625. The highest BCUT2D eigenvalue weighted by Crippen LogP contribution is 2.45. The van der Waals surface area contributed by atoms with Gasteiger partial charge in [-0.25, -0.2) is 0 Å². The zero-order valence-electron chi connectivity index (χ0n) is 11.9. The number of hydrogen-bond donors (Lipinski definition) is 1. The van der Waals surface area contributed by atoms with Crippen molar-refractivity contribution in [2.75, 3.05) is 26.4 Å². The van der Waals surface area contributed by atoms with Crippen molar-refractivity contribution >= 4 is 15.9 Å². The molecule has 0 saturated carbocycles. The molecule has 3 aliphatic rings. The van der Waals surface area contributed by atoms with E-state index in [-0.39, 0.29) is 5.60 Å². The van der Waals surface area contributed by atoms with Crippen molar-refractivity contribution in [1.29, 1.82) is 0 Å². The molecule has 5 heteroatoms. The number of benzene rings is 1. The second kappa shape index (κ2) is 5.54. The predicted octanol–water partition coefficient (Wildman–Crippen LogP) is 2.81. The van der Waals surface area contributed by atoms with Gasteiger partial charge in [0.2, 0.25) is 0 Å². The molecule has 0 aromatic heterocycles. The van der Waals surface area contributed by atoms with Crippen molar-refractivity contribution in [3.05, 3.63) is 28.2 Å². The Balaban J connectivity index is 1.64. The van der Waals surface area contributed by atoms with Crippen LogP contribution in [-0.2, 0) is 9.47 Å². The van der Waals surface area contributed by atoms with Gasteiger partial charge in [0.15, 0.2) is 0 Å². The Labute approximate surface area is 133 Å². The Kier molecular flexibility index (Phi) is 3.69. The van der Waals surface area contributed by atoms with Crippen molar-refractivity contribution in [2.45, 2.75) is 36.9 Å². The Morgan fingerprint density at radius 2 is 1.95 bits per heavy atom. The van der Waals surface area contributed by atoms with Crippen molar-refractivity contribution in [3.63, 3.8) is 0 Å². The van der Waals surface area contributed by atoms with E-state index in [1.54, 1.807) is 0 Å². The standard InChI is InChI=1S/C16H20BrNO3/c17-11-1-2-13-14(18-12-9-20-10-12)8-16(21-15(13)7-11)3-5-19-6-4-16/h1-2,7,12,14,18H,3-6,8-10H2. The number of ether oxygens (including phenoxy) is 3. The van der Waals surface area contributed by atoms with E-state index in [1.807, 2.05) is 0 Å². The monoisotopic (exact) mass is 353 g/mol. The van der Waals surface area contributed by atoms with E-state index < -0.39 is 0 Å². The lowest BCUT2D eigenvalue weighted by Crippen LogP contribution is -2.53. The summed E-state index contributed by atoms with van der Waals surface area (Å²) < 4.78 is 18.3. The van der Waals surface area contributed by atoms with E-state index >= 15 is 0 Å². The van der Waals surface area contributed by atoms with Crippen LogP contribution in [-0.4, -0.2) is 38.1 Å². The van der Waals surface area contributed by atoms with Gasteiger partial charge in [0.25, 0.3) is 0 Å². The summed E-state index contributed by atoms with van der Waals surface area (Å²) in [5.74, 6) is 1.01. The van der Waals surface area contributed by atoms with Gasteiger partial charge in [-0.1, -0.05) is 22.0 Å². The van der Waals surface area contributed by atoms with Gasteiger partial charge in [0.05, 0.1) is 32.5 Å². The fourth-order valence-corrected chi connectivity index (χ4v) is 3.80. The first-order valence-electron chi connectivity index (χ1n) is 7.64. The maximum absolute atomic E-state index is 6.42. The number of fused-ring (bicyclic) bond motifs is 1. The van der Waals surface area contributed by atoms with Crippen LogP contribution in [0.5, 0.6) is 5.75 Å². The van der Waals surface area contributed by atoms with Crippen LogP contribution in [0.15, 0.2) is 22.7 Å².